The Kier molecular flexibility index (Phi) is 18.9. The van der Waals surface area contributed by atoms with E-state index >= 15 is 0 Å². The van der Waals surface area contributed by atoms with E-state index in [1.807, 2.05) is 6.92 Å². The van der Waals surface area contributed by atoms with E-state index in [0.717, 1.165) is 25.6 Å². The molecule has 10 nitrogen and oxygen atoms in total. The molecule has 0 fully saturated rings. The molecular formula is C18H42N2O8Si2. The van der Waals surface area contributed by atoms with Gasteiger partial charge in [0.05, 0.1) is 0 Å². The van der Waals surface area contributed by atoms with E-state index < -0.39 is 29.3 Å². The van der Waals surface area contributed by atoms with E-state index in [9.17, 15) is 4.79 Å². The molecule has 0 aromatic carbocycles. The normalized spacial score (nSPS) is 12.7. The first-order valence-electron chi connectivity index (χ1n) is 9.79. The number of rotatable bonds is 16. The lowest BCUT2D eigenvalue weighted by atomic mass is 10.4. The van der Waals surface area contributed by atoms with Crippen molar-refractivity contribution in [2.75, 3.05) is 62.3 Å². The summed E-state index contributed by atoms with van der Waals surface area (Å²) in [5, 5.41) is 3.21. The number of ether oxygens (including phenoxy) is 1. The van der Waals surface area contributed by atoms with Crippen LogP contribution < -0.4 is 11.1 Å². The van der Waals surface area contributed by atoms with E-state index in [1.54, 1.807) is 28.3 Å². The standard InChI is InChI=1S/C10H20O5Si.C8H22N2O3Si/c1-7-9(15-10(11)8(2)3)16(12-4,13-5)14-6;1-11-14(12-2,13-3)8-4-6-10-7-5-9/h9H,2,7H2,1,3-6H3;10H,4-9H2,1-3H3. The van der Waals surface area contributed by atoms with E-state index in [-0.39, 0.29) is 0 Å². The first kappa shape index (κ1) is 31.5. The maximum absolute atomic E-state index is 11.4. The molecule has 0 rings (SSSR count). The van der Waals surface area contributed by atoms with Gasteiger partial charge in [-0.05, 0) is 26.3 Å². The Labute approximate surface area is 184 Å². The molecule has 0 spiro atoms. The minimum Gasteiger partial charge on any atom is -0.454 e. The van der Waals surface area contributed by atoms with Gasteiger partial charge in [-0.15, -0.1) is 0 Å². The molecular weight excluding hydrogens is 428 g/mol. The van der Waals surface area contributed by atoms with Gasteiger partial charge in [0.1, 0.15) is 0 Å². The Bertz CT molecular complexity index is 447. The van der Waals surface area contributed by atoms with E-state index in [0.29, 0.717) is 18.5 Å². The Balaban J connectivity index is 0. The largest absolute Gasteiger partial charge is 0.543 e. The molecule has 180 valence electrons. The Morgan fingerprint density at radius 2 is 1.47 bits per heavy atom. The maximum atomic E-state index is 11.4. The minimum atomic E-state index is -2.94. The number of hydrogen-bond acceptors (Lipinski definition) is 10. The monoisotopic (exact) mass is 470 g/mol. The van der Waals surface area contributed by atoms with Crippen molar-refractivity contribution in [3.63, 3.8) is 0 Å². The van der Waals surface area contributed by atoms with Gasteiger partial charge in [0, 0.05) is 67.4 Å². The molecule has 1 atom stereocenters. The van der Waals surface area contributed by atoms with Crippen molar-refractivity contribution in [3.8, 4) is 0 Å². The van der Waals surface area contributed by atoms with Gasteiger partial charge in [0.25, 0.3) is 0 Å². The first-order chi connectivity index (χ1) is 14.2. The van der Waals surface area contributed by atoms with Crippen LogP contribution in [0.2, 0.25) is 6.04 Å². The zero-order valence-corrected chi connectivity index (χ0v) is 21.9. The first-order valence-corrected chi connectivity index (χ1v) is 13.5. The summed E-state index contributed by atoms with van der Waals surface area (Å²) in [6, 6.07) is 0.827. The molecule has 0 amide bonds. The third kappa shape index (κ3) is 11.1. The van der Waals surface area contributed by atoms with Crippen LogP contribution in [-0.4, -0.2) is 91.6 Å². The number of carbonyl (C=O) groups is 1. The SMILES string of the molecule is C=C(C)C(=O)OC(CC)[Si](OC)(OC)OC.CO[Si](CCCNCCN)(OC)OC. The van der Waals surface area contributed by atoms with Crippen LogP contribution in [0.5, 0.6) is 0 Å². The summed E-state index contributed by atoms with van der Waals surface area (Å²) in [5.74, 6) is -0.463. The van der Waals surface area contributed by atoms with Crippen LogP contribution in [0.1, 0.15) is 26.7 Å². The Morgan fingerprint density at radius 1 is 0.967 bits per heavy atom. The fourth-order valence-electron chi connectivity index (χ4n) is 2.49. The lowest BCUT2D eigenvalue weighted by Crippen LogP contribution is -2.56. The third-order valence-electron chi connectivity index (χ3n) is 4.31. The average molecular weight is 471 g/mol. The van der Waals surface area contributed by atoms with Gasteiger partial charge >= 0.3 is 23.6 Å². The number of carbonyl (C=O) groups excluding carboxylic acids is 1. The van der Waals surface area contributed by atoms with Crippen LogP contribution in [0.15, 0.2) is 12.2 Å². The molecule has 12 heteroatoms. The third-order valence-corrected chi connectivity index (χ3v) is 10.2. The van der Waals surface area contributed by atoms with Gasteiger partial charge in [-0.1, -0.05) is 13.5 Å². The summed E-state index contributed by atoms with van der Waals surface area (Å²) in [5.41, 5.74) is 5.17. The van der Waals surface area contributed by atoms with Gasteiger partial charge in [0.15, 0.2) is 5.73 Å². The molecule has 0 saturated carbocycles. The van der Waals surface area contributed by atoms with Crippen molar-refractivity contribution >= 4 is 23.6 Å². The zero-order valence-electron chi connectivity index (χ0n) is 19.9. The highest BCUT2D eigenvalue weighted by molar-refractivity contribution is 6.62. The number of hydrogen-bond donors (Lipinski definition) is 2. The summed E-state index contributed by atoms with van der Waals surface area (Å²) in [6.07, 6.45) is 1.53. The lowest BCUT2D eigenvalue weighted by Gasteiger charge is -2.31. The highest BCUT2D eigenvalue weighted by Gasteiger charge is 2.49. The molecule has 0 aliphatic carbocycles. The van der Waals surface area contributed by atoms with Crippen molar-refractivity contribution < 1.29 is 36.1 Å². The molecule has 0 aromatic heterocycles. The van der Waals surface area contributed by atoms with Crippen LogP contribution in [-0.2, 0) is 36.1 Å². The smallest absolute Gasteiger partial charge is 0.454 e. The predicted octanol–water partition coefficient (Wildman–Crippen LogP) is 1.10. The molecule has 0 aliphatic heterocycles. The lowest BCUT2D eigenvalue weighted by molar-refractivity contribution is -0.143. The molecule has 3 N–H and O–H groups in total. The molecule has 30 heavy (non-hydrogen) atoms. The Morgan fingerprint density at radius 3 is 1.80 bits per heavy atom. The van der Waals surface area contributed by atoms with Gasteiger partial charge in [-0.2, -0.15) is 0 Å². The fourth-order valence-corrected chi connectivity index (χ4v) is 6.25. The quantitative estimate of drug-likeness (QED) is 0.147. The van der Waals surface area contributed by atoms with Crippen molar-refractivity contribution in [1.29, 1.82) is 0 Å². The minimum absolute atomic E-state index is 0.338. The zero-order chi connectivity index (χ0) is 23.6. The second kappa shape index (κ2) is 17.9. The predicted molar refractivity (Wildman–Crippen MR) is 120 cm³/mol. The van der Waals surface area contributed by atoms with Crippen molar-refractivity contribution in [2.24, 2.45) is 5.73 Å². The van der Waals surface area contributed by atoms with Gasteiger partial charge in [-0.3, -0.25) is 0 Å². The molecule has 0 aliphatic rings. The van der Waals surface area contributed by atoms with Crippen molar-refractivity contribution in [1.82, 2.24) is 5.32 Å². The topological polar surface area (TPSA) is 120 Å². The van der Waals surface area contributed by atoms with Crippen LogP contribution in [0.4, 0.5) is 0 Å². The highest BCUT2D eigenvalue weighted by Crippen LogP contribution is 2.19. The summed E-state index contributed by atoms with van der Waals surface area (Å²) >= 11 is 0. The molecule has 0 heterocycles. The number of esters is 1. The van der Waals surface area contributed by atoms with Crippen LogP contribution >= 0.6 is 0 Å². The van der Waals surface area contributed by atoms with Crippen LogP contribution in [0.25, 0.3) is 0 Å². The fraction of sp³-hybridized carbons (Fsp3) is 0.833. The molecule has 0 bridgehead atoms. The number of nitrogens with two attached hydrogens (primary N) is 1. The van der Waals surface area contributed by atoms with Crippen LogP contribution in [0.3, 0.4) is 0 Å². The molecule has 0 saturated heterocycles. The second-order valence-corrected chi connectivity index (χ2v) is 12.4. The van der Waals surface area contributed by atoms with Gasteiger partial charge in [0.2, 0.25) is 0 Å². The van der Waals surface area contributed by atoms with Gasteiger partial charge in [-0.25, -0.2) is 4.79 Å². The van der Waals surface area contributed by atoms with Crippen molar-refractivity contribution in [3.05, 3.63) is 12.2 Å². The van der Waals surface area contributed by atoms with Gasteiger partial charge < -0.3 is 42.3 Å². The summed E-state index contributed by atoms with van der Waals surface area (Å²) in [7, 11) is 4.05. The summed E-state index contributed by atoms with van der Waals surface area (Å²) < 4.78 is 36.9. The highest BCUT2D eigenvalue weighted by atomic mass is 28.4. The van der Waals surface area contributed by atoms with E-state index in [1.165, 1.54) is 21.3 Å². The maximum Gasteiger partial charge on any atom is 0.543 e. The molecule has 0 aromatic rings. The van der Waals surface area contributed by atoms with Crippen molar-refractivity contribution in [2.45, 2.75) is 38.5 Å². The summed E-state index contributed by atoms with van der Waals surface area (Å²) in [6.45, 7) is 9.41. The van der Waals surface area contributed by atoms with E-state index in [2.05, 4.69) is 11.9 Å². The molecule has 0 radical (unpaired) electrons. The Hall–Kier alpha value is -0.676. The molecule has 1 unspecified atom stereocenters. The second-order valence-electron chi connectivity index (χ2n) is 6.24. The summed E-state index contributed by atoms with van der Waals surface area (Å²) in [4.78, 5) is 11.4. The van der Waals surface area contributed by atoms with E-state index in [4.69, 9.17) is 37.0 Å². The van der Waals surface area contributed by atoms with Crippen LogP contribution in [0, 0.1) is 0 Å². The average Bonchev–Trinajstić information content (AvgIpc) is 2.77. The number of nitrogens with one attached hydrogen (secondary N) is 1.